The van der Waals surface area contributed by atoms with Gasteiger partial charge in [0.2, 0.25) is 0 Å². The Morgan fingerprint density at radius 1 is 1.12 bits per heavy atom. The Balaban J connectivity index is 2.40. The molecule has 0 aliphatic heterocycles. The average Bonchev–Trinajstić information content (AvgIpc) is 2.54. The Morgan fingerprint density at radius 3 is 2.31 bits per heavy atom. The van der Waals surface area contributed by atoms with Crippen molar-refractivity contribution in [2.75, 3.05) is 12.4 Å². The number of nitrogens with zero attached hydrogens (tertiary/aromatic N) is 1. The van der Waals surface area contributed by atoms with Crippen molar-refractivity contribution in [3.05, 3.63) is 63.6 Å². The second-order valence-electron chi connectivity index (χ2n) is 5.39. The summed E-state index contributed by atoms with van der Waals surface area (Å²) in [6.45, 7) is 0. The van der Waals surface area contributed by atoms with Crippen LogP contribution in [0.4, 0.5) is 24.5 Å². The van der Waals surface area contributed by atoms with E-state index >= 15 is 0 Å². The summed E-state index contributed by atoms with van der Waals surface area (Å²) in [6.07, 6.45) is -0.874. The third kappa shape index (κ3) is 5.16. The SMILES string of the molecule is CNc1cc(/C=C/C(c2cc(Cl)cc(Cl)c2)C(F)(F)F)ccc1N=CN. The minimum atomic E-state index is -4.49. The highest BCUT2D eigenvalue weighted by molar-refractivity contribution is 6.34. The number of halogens is 5. The molecule has 0 aliphatic rings. The van der Waals surface area contributed by atoms with Crippen LogP contribution in [0.2, 0.25) is 10.0 Å². The van der Waals surface area contributed by atoms with Crippen LogP contribution in [0.15, 0.2) is 47.5 Å². The first-order chi connectivity index (χ1) is 12.2. The summed E-state index contributed by atoms with van der Waals surface area (Å²) in [5.41, 5.74) is 7.06. The molecule has 0 aliphatic carbocycles. The summed E-state index contributed by atoms with van der Waals surface area (Å²) < 4.78 is 40.5. The fourth-order valence-corrected chi connectivity index (χ4v) is 2.96. The lowest BCUT2D eigenvalue weighted by molar-refractivity contribution is -0.139. The molecule has 3 nitrogen and oxygen atoms in total. The third-order valence-corrected chi connectivity index (χ3v) is 4.02. The number of nitrogens with one attached hydrogen (secondary N) is 1. The van der Waals surface area contributed by atoms with Gasteiger partial charge in [-0.05, 0) is 41.5 Å². The molecule has 26 heavy (non-hydrogen) atoms. The maximum atomic E-state index is 13.5. The molecule has 0 radical (unpaired) electrons. The predicted molar refractivity (Wildman–Crippen MR) is 103 cm³/mol. The minimum absolute atomic E-state index is 0.0237. The van der Waals surface area contributed by atoms with Crippen LogP contribution in [0.3, 0.4) is 0 Å². The lowest BCUT2D eigenvalue weighted by Crippen LogP contribution is -2.18. The second kappa shape index (κ2) is 8.47. The van der Waals surface area contributed by atoms with E-state index < -0.39 is 12.1 Å². The number of hydrogen-bond donors (Lipinski definition) is 2. The van der Waals surface area contributed by atoms with Crippen molar-refractivity contribution in [2.45, 2.75) is 12.1 Å². The summed E-state index contributed by atoms with van der Waals surface area (Å²) in [5.74, 6) is -1.83. The molecule has 1 atom stereocenters. The molecular formula is C18H16Cl2F3N3. The fourth-order valence-electron chi connectivity index (χ4n) is 2.42. The largest absolute Gasteiger partial charge is 0.399 e. The van der Waals surface area contributed by atoms with Crippen LogP contribution in [0.25, 0.3) is 6.08 Å². The molecule has 0 amide bonds. The van der Waals surface area contributed by atoms with Gasteiger partial charge in [-0.15, -0.1) is 0 Å². The number of nitrogens with two attached hydrogens (primary N) is 1. The number of rotatable bonds is 5. The van der Waals surface area contributed by atoms with Gasteiger partial charge in [0.25, 0.3) is 0 Å². The van der Waals surface area contributed by atoms with Crippen LogP contribution in [0.5, 0.6) is 0 Å². The van der Waals surface area contributed by atoms with Crippen LogP contribution in [-0.2, 0) is 0 Å². The molecule has 0 bridgehead atoms. The first kappa shape index (κ1) is 20.1. The molecule has 0 aromatic heterocycles. The van der Waals surface area contributed by atoms with E-state index in [2.05, 4.69) is 10.3 Å². The Kier molecular flexibility index (Phi) is 6.56. The number of hydrogen-bond acceptors (Lipinski definition) is 2. The Bertz CT molecular complexity index is 813. The van der Waals surface area contributed by atoms with Gasteiger partial charge in [0.15, 0.2) is 0 Å². The zero-order valence-corrected chi connectivity index (χ0v) is 15.2. The third-order valence-electron chi connectivity index (χ3n) is 3.58. The van der Waals surface area contributed by atoms with Gasteiger partial charge < -0.3 is 11.1 Å². The van der Waals surface area contributed by atoms with E-state index in [1.165, 1.54) is 24.3 Å². The van der Waals surface area contributed by atoms with Crippen molar-refractivity contribution in [2.24, 2.45) is 10.7 Å². The van der Waals surface area contributed by atoms with Gasteiger partial charge in [-0.1, -0.05) is 41.4 Å². The fraction of sp³-hybridized carbons (Fsp3) is 0.167. The van der Waals surface area contributed by atoms with Crippen LogP contribution in [0, 0.1) is 0 Å². The molecule has 0 saturated heterocycles. The molecule has 8 heteroatoms. The molecule has 2 aromatic carbocycles. The van der Waals surface area contributed by atoms with Crippen molar-refractivity contribution in [1.82, 2.24) is 0 Å². The van der Waals surface area contributed by atoms with E-state index in [9.17, 15) is 13.2 Å². The van der Waals surface area contributed by atoms with Crippen molar-refractivity contribution in [1.29, 1.82) is 0 Å². The maximum Gasteiger partial charge on any atom is 0.399 e. The highest BCUT2D eigenvalue weighted by atomic mass is 35.5. The maximum absolute atomic E-state index is 13.5. The topological polar surface area (TPSA) is 50.4 Å². The van der Waals surface area contributed by atoms with Crippen molar-refractivity contribution < 1.29 is 13.2 Å². The zero-order valence-electron chi connectivity index (χ0n) is 13.7. The summed E-state index contributed by atoms with van der Waals surface area (Å²) >= 11 is 11.7. The lowest BCUT2D eigenvalue weighted by Gasteiger charge is -2.18. The summed E-state index contributed by atoms with van der Waals surface area (Å²) in [4.78, 5) is 3.98. The predicted octanol–water partition coefficient (Wildman–Crippen LogP) is 6.01. The van der Waals surface area contributed by atoms with Gasteiger partial charge in [0.1, 0.15) is 0 Å². The number of benzene rings is 2. The molecule has 1 unspecified atom stereocenters. The Hall–Kier alpha value is -2.18. The van der Waals surface area contributed by atoms with E-state index in [1.807, 2.05) is 0 Å². The number of alkyl halides is 3. The van der Waals surface area contributed by atoms with Gasteiger partial charge >= 0.3 is 6.18 Å². The van der Waals surface area contributed by atoms with Crippen molar-refractivity contribution in [3.8, 4) is 0 Å². The molecule has 138 valence electrons. The summed E-state index contributed by atoms with van der Waals surface area (Å²) in [5, 5.41) is 3.22. The highest BCUT2D eigenvalue weighted by Crippen LogP contribution is 2.38. The Morgan fingerprint density at radius 2 is 1.77 bits per heavy atom. The van der Waals surface area contributed by atoms with Crippen LogP contribution < -0.4 is 11.1 Å². The van der Waals surface area contributed by atoms with Gasteiger partial charge in [-0.3, -0.25) is 0 Å². The standard InChI is InChI=1S/C18H16Cl2F3N3/c1-25-17-6-11(3-5-16(17)26-10-24)2-4-15(18(21,22)23)12-7-13(19)9-14(20)8-12/h2-10,15,25H,1H3,(H2,24,26)/b4-2+. The smallest absolute Gasteiger partial charge is 0.390 e. The van der Waals surface area contributed by atoms with Gasteiger partial charge in [0, 0.05) is 17.1 Å². The van der Waals surface area contributed by atoms with E-state index in [-0.39, 0.29) is 15.6 Å². The van der Waals surface area contributed by atoms with E-state index in [1.54, 1.807) is 25.2 Å². The lowest BCUT2D eigenvalue weighted by atomic mass is 9.97. The first-order valence-corrected chi connectivity index (χ1v) is 8.27. The zero-order chi connectivity index (χ0) is 19.3. The number of aliphatic imine (C=N–C) groups is 1. The molecule has 0 fully saturated rings. The van der Waals surface area contributed by atoms with Gasteiger partial charge in [-0.2, -0.15) is 13.2 Å². The molecular weight excluding hydrogens is 386 g/mol. The van der Waals surface area contributed by atoms with Crippen molar-refractivity contribution in [3.63, 3.8) is 0 Å². The quantitative estimate of drug-likeness (QED) is 0.475. The van der Waals surface area contributed by atoms with Crippen LogP contribution in [-0.4, -0.2) is 19.6 Å². The van der Waals surface area contributed by atoms with E-state index in [0.29, 0.717) is 16.9 Å². The minimum Gasteiger partial charge on any atom is -0.390 e. The molecule has 0 heterocycles. The molecule has 0 spiro atoms. The Labute approximate surface area is 159 Å². The number of allylic oxidation sites excluding steroid dienone is 1. The molecule has 2 rings (SSSR count). The normalized spacial score (nSPS) is 13.5. The highest BCUT2D eigenvalue weighted by Gasteiger charge is 2.39. The number of anilines is 1. The van der Waals surface area contributed by atoms with E-state index in [0.717, 1.165) is 12.4 Å². The monoisotopic (exact) mass is 401 g/mol. The molecule has 0 saturated carbocycles. The van der Waals surface area contributed by atoms with Gasteiger partial charge in [-0.25, -0.2) is 4.99 Å². The molecule has 2 aromatic rings. The first-order valence-electron chi connectivity index (χ1n) is 7.51. The summed E-state index contributed by atoms with van der Waals surface area (Å²) in [7, 11) is 1.69. The molecule has 3 N–H and O–H groups in total. The van der Waals surface area contributed by atoms with E-state index in [4.69, 9.17) is 28.9 Å². The van der Waals surface area contributed by atoms with Gasteiger partial charge in [0.05, 0.1) is 23.6 Å². The average molecular weight is 402 g/mol. The summed E-state index contributed by atoms with van der Waals surface area (Å²) in [6, 6.07) is 8.89. The van der Waals surface area contributed by atoms with Crippen LogP contribution in [0.1, 0.15) is 17.0 Å². The second-order valence-corrected chi connectivity index (χ2v) is 6.26. The van der Waals surface area contributed by atoms with Crippen molar-refractivity contribution >= 4 is 47.0 Å². The van der Waals surface area contributed by atoms with Crippen LogP contribution >= 0.6 is 23.2 Å².